The summed E-state index contributed by atoms with van der Waals surface area (Å²) < 4.78 is 0. The van der Waals surface area contributed by atoms with Crippen molar-refractivity contribution in [3.8, 4) is 12.3 Å². The minimum atomic E-state index is 0.119. The number of amides is 1. The molecule has 15 heavy (non-hydrogen) atoms. The highest BCUT2D eigenvalue weighted by Crippen LogP contribution is 2.29. The Hall–Kier alpha value is -1.01. The number of carbonyl (C=O) groups is 1. The minimum Gasteiger partial charge on any atom is -0.330 e. The summed E-state index contributed by atoms with van der Waals surface area (Å²) >= 11 is 0. The molecule has 3 heteroatoms. The molecule has 0 aliphatic heterocycles. The van der Waals surface area contributed by atoms with Gasteiger partial charge in [0.05, 0.1) is 13.1 Å². The van der Waals surface area contributed by atoms with Crippen molar-refractivity contribution in [1.82, 2.24) is 10.2 Å². The molecule has 0 aromatic carbocycles. The summed E-state index contributed by atoms with van der Waals surface area (Å²) in [5, 5.41) is 3.12. The Labute approximate surface area is 92.2 Å². The van der Waals surface area contributed by atoms with Gasteiger partial charge in [-0.15, -0.1) is 6.42 Å². The van der Waals surface area contributed by atoms with Crippen LogP contribution in [0.1, 0.15) is 26.7 Å². The van der Waals surface area contributed by atoms with E-state index in [-0.39, 0.29) is 5.91 Å². The summed E-state index contributed by atoms with van der Waals surface area (Å²) in [5.74, 6) is 3.36. The van der Waals surface area contributed by atoms with Crippen molar-refractivity contribution in [3.63, 3.8) is 0 Å². The van der Waals surface area contributed by atoms with E-state index in [9.17, 15) is 4.79 Å². The molecule has 1 saturated carbocycles. The lowest BCUT2D eigenvalue weighted by Crippen LogP contribution is -2.41. The van der Waals surface area contributed by atoms with Gasteiger partial charge in [-0.25, -0.2) is 0 Å². The third-order valence-electron chi connectivity index (χ3n) is 2.47. The number of terminal acetylenes is 1. The predicted octanol–water partition coefficient (Wildman–Crippen LogP) is 0.856. The first-order chi connectivity index (χ1) is 7.13. The predicted molar refractivity (Wildman–Crippen MR) is 61.3 cm³/mol. The number of nitrogens with one attached hydrogen (secondary N) is 1. The van der Waals surface area contributed by atoms with Crippen LogP contribution < -0.4 is 5.32 Å². The summed E-state index contributed by atoms with van der Waals surface area (Å²) in [4.78, 5) is 13.6. The Balaban J connectivity index is 2.32. The van der Waals surface area contributed by atoms with Crippen LogP contribution >= 0.6 is 0 Å². The van der Waals surface area contributed by atoms with Crippen molar-refractivity contribution in [2.45, 2.75) is 32.7 Å². The zero-order valence-electron chi connectivity index (χ0n) is 9.62. The van der Waals surface area contributed by atoms with E-state index < -0.39 is 0 Å². The van der Waals surface area contributed by atoms with Crippen molar-refractivity contribution >= 4 is 5.91 Å². The third-order valence-corrected chi connectivity index (χ3v) is 2.47. The van der Waals surface area contributed by atoms with Crippen molar-refractivity contribution in [2.75, 3.05) is 19.6 Å². The second-order valence-corrected chi connectivity index (χ2v) is 4.46. The van der Waals surface area contributed by atoms with Crippen LogP contribution in [0.3, 0.4) is 0 Å². The zero-order chi connectivity index (χ0) is 11.3. The maximum absolute atomic E-state index is 11.8. The molecule has 0 radical (unpaired) electrons. The molecule has 1 aliphatic carbocycles. The average molecular weight is 208 g/mol. The van der Waals surface area contributed by atoms with Gasteiger partial charge in [-0.1, -0.05) is 19.8 Å². The Morgan fingerprint density at radius 2 is 2.27 bits per heavy atom. The molecule has 1 aliphatic rings. The largest absolute Gasteiger partial charge is 0.330 e. The molecule has 1 N–H and O–H groups in total. The molecule has 0 spiro atoms. The fourth-order valence-electron chi connectivity index (χ4n) is 1.38. The quantitative estimate of drug-likeness (QED) is 0.657. The van der Waals surface area contributed by atoms with Gasteiger partial charge in [0.1, 0.15) is 0 Å². The molecule has 1 fully saturated rings. The van der Waals surface area contributed by atoms with Gasteiger partial charge in [-0.05, 0) is 18.8 Å². The van der Waals surface area contributed by atoms with Crippen LogP contribution in [0.2, 0.25) is 0 Å². The van der Waals surface area contributed by atoms with Crippen LogP contribution in [0.15, 0.2) is 0 Å². The average Bonchev–Trinajstić information content (AvgIpc) is 2.97. The summed E-state index contributed by atoms with van der Waals surface area (Å²) in [6, 6.07) is 0.336. The first-order valence-corrected chi connectivity index (χ1v) is 5.58. The van der Waals surface area contributed by atoms with Crippen LogP contribution in [0.4, 0.5) is 0 Å². The number of hydrogen-bond donors (Lipinski definition) is 1. The fourth-order valence-corrected chi connectivity index (χ4v) is 1.38. The minimum absolute atomic E-state index is 0.119. The molecule has 0 heterocycles. The van der Waals surface area contributed by atoms with E-state index in [4.69, 9.17) is 6.42 Å². The molecule has 1 rings (SSSR count). The highest BCUT2D eigenvalue weighted by Gasteiger charge is 2.26. The van der Waals surface area contributed by atoms with Gasteiger partial charge < -0.3 is 10.2 Å². The lowest BCUT2D eigenvalue weighted by atomic mass is 10.3. The molecular formula is C12H20N2O. The smallest absolute Gasteiger partial charge is 0.237 e. The topological polar surface area (TPSA) is 32.3 Å². The highest BCUT2D eigenvalue weighted by atomic mass is 16.2. The number of nitrogens with zero attached hydrogens (tertiary/aromatic N) is 1. The van der Waals surface area contributed by atoms with Crippen LogP contribution in [0.25, 0.3) is 0 Å². The van der Waals surface area contributed by atoms with Crippen molar-refractivity contribution < 1.29 is 4.79 Å². The van der Waals surface area contributed by atoms with E-state index >= 15 is 0 Å². The van der Waals surface area contributed by atoms with Crippen LogP contribution in [-0.2, 0) is 4.79 Å². The molecule has 3 nitrogen and oxygen atoms in total. The Morgan fingerprint density at radius 1 is 1.60 bits per heavy atom. The molecule has 0 aromatic heterocycles. The lowest BCUT2D eigenvalue weighted by Gasteiger charge is -2.21. The Kier molecular flexibility index (Phi) is 4.64. The highest BCUT2D eigenvalue weighted by molar-refractivity contribution is 5.78. The fraction of sp³-hybridized carbons (Fsp3) is 0.750. The summed E-state index contributed by atoms with van der Waals surface area (Å²) in [5.41, 5.74) is 0. The number of rotatable bonds is 6. The summed E-state index contributed by atoms with van der Waals surface area (Å²) in [6.45, 7) is 5.73. The van der Waals surface area contributed by atoms with Gasteiger partial charge in [-0.3, -0.25) is 4.79 Å². The van der Waals surface area contributed by atoms with Crippen LogP contribution in [-0.4, -0.2) is 36.5 Å². The molecule has 0 atom stereocenters. The maximum Gasteiger partial charge on any atom is 0.237 e. The van der Waals surface area contributed by atoms with E-state index in [1.54, 1.807) is 4.90 Å². The second-order valence-electron chi connectivity index (χ2n) is 4.46. The van der Waals surface area contributed by atoms with Crippen LogP contribution in [0, 0.1) is 18.3 Å². The second kappa shape index (κ2) is 5.77. The SMILES string of the molecule is C#CCN(CC1CC1)C(=O)CNC(C)C. The molecule has 0 aromatic rings. The van der Waals surface area contributed by atoms with Crippen LogP contribution in [0.5, 0.6) is 0 Å². The third kappa shape index (κ3) is 4.85. The molecular weight excluding hydrogens is 188 g/mol. The molecule has 1 amide bonds. The van der Waals surface area contributed by atoms with Crippen molar-refractivity contribution in [2.24, 2.45) is 5.92 Å². The van der Waals surface area contributed by atoms with Crippen molar-refractivity contribution in [3.05, 3.63) is 0 Å². The number of carbonyl (C=O) groups excluding carboxylic acids is 1. The van der Waals surface area contributed by atoms with E-state index in [0.717, 1.165) is 6.54 Å². The standard InChI is InChI=1S/C12H20N2O/c1-4-7-14(9-11-5-6-11)12(15)8-13-10(2)3/h1,10-11,13H,5-9H2,2-3H3. The Bertz CT molecular complexity index is 251. The zero-order valence-corrected chi connectivity index (χ0v) is 9.62. The van der Waals surface area contributed by atoms with Gasteiger partial charge in [0.2, 0.25) is 5.91 Å². The normalized spacial score (nSPS) is 15.1. The van der Waals surface area contributed by atoms with E-state index in [2.05, 4.69) is 11.2 Å². The van der Waals surface area contributed by atoms with E-state index in [1.807, 2.05) is 13.8 Å². The van der Waals surface area contributed by atoms with Gasteiger partial charge in [0, 0.05) is 12.6 Å². The maximum atomic E-state index is 11.8. The molecule has 0 bridgehead atoms. The lowest BCUT2D eigenvalue weighted by molar-refractivity contribution is -0.130. The summed E-state index contributed by atoms with van der Waals surface area (Å²) in [6.07, 6.45) is 7.74. The molecule has 0 unspecified atom stereocenters. The first kappa shape index (κ1) is 12.1. The molecule has 0 saturated heterocycles. The van der Waals surface area contributed by atoms with E-state index in [1.165, 1.54) is 12.8 Å². The van der Waals surface area contributed by atoms with Crippen molar-refractivity contribution in [1.29, 1.82) is 0 Å². The number of hydrogen-bond acceptors (Lipinski definition) is 2. The monoisotopic (exact) mass is 208 g/mol. The van der Waals surface area contributed by atoms with Gasteiger partial charge in [-0.2, -0.15) is 0 Å². The van der Waals surface area contributed by atoms with Gasteiger partial charge in [0.25, 0.3) is 0 Å². The summed E-state index contributed by atoms with van der Waals surface area (Å²) in [7, 11) is 0. The molecule has 84 valence electrons. The van der Waals surface area contributed by atoms with Gasteiger partial charge >= 0.3 is 0 Å². The first-order valence-electron chi connectivity index (χ1n) is 5.58. The van der Waals surface area contributed by atoms with E-state index in [0.29, 0.717) is 25.0 Å². The Morgan fingerprint density at radius 3 is 2.73 bits per heavy atom. The van der Waals surface area contributed by atoms with Gasteiger partial charge in [0.15, 0.2) is 0 Å².